The summed E-state index contributed by atoms with van der Waals surface area (Å²) in [5, 5.41) is 9.58. The number of ether oxygens (including phenoxy) is 1. The number of halogens is 1. The van der Waals surface area contributed by atoms with Crippen molar-refractivity contribution < 1.29 is 9.53 Å². The first kappa shape index (κ1) is 24.0. The van der Waals surface area contributed by atoms with Crippen LogP contribution >= 0.6 is 24.0 Å². The van der Waals surface area contributed by atoms with Crippen LogP contribution in [0.4, 0.5) is 0 Å². The zero-order valence-electron chi connectivity index (χ0n) is 17.4. The van der Waals surface area contributed by atoms with Gasteiger partial charge in [-0.3, -0.25) is 9.79 Å². The van der Waals surface area contributed by atoms with E-state index < -0.39 is 0 Å². The van der Waals surface area contributed by atoms with Gasteiger partial charge in [0, 0.05) is 38.2 Å². The van der Waals surface area contributed by atoms with Crippen molar-refractivity contribution in [2.24, 2.45) is 4.99 Å². The minimum Gasteiger partial charge on any atom is -0.493 e. The lowest BCUT2D eigenvalue weighted by atomic mass is 10.1. The van der Waals surface area contributed by atoms with Crippen LogP contribution in [0.25, 0.3) is 0 Å². The SMILES string of the molecule is CCNC(=NCCCNC(=O)c1ccccc1)NCCc1ccc2c(c1)CCO2.I. The third kappa shape index (κ3) is 7.51. The van der Waals surface area contributed by atoms with E-state index in [1.165, 1.54) is 11.1 Å². The summed E-state index contributed by atoms with van der Waals surface area (Å²) in [6.45, 7) is 5.73. The second-order valence-electron chi connectivity index (χ2n) is 6.95. The van der Waals surface area contributed by atoms with Crippen LogP contribution in [0.15, 0.2) is 53.5 Å². The van der Waals surface area contributed by atoms with Crippen LogP contribution in [0.2, 0.25) is 0 Å². The van der Waals surface area contributed by atoms with Crippen LogP contribution in [-0.4, -0.2) is 44.7 Å². The van der Waals surface area contributed by atoms with E-state index in [9.17, 15) is 4.79 Å². The van der Waals surface area contributed by atoms with E-state index in [2.05, 4.69) is 46.1 Å². The molecule has 7 heteroatoms. The Labute approximate surface area is 195 Å². The Hall–Kier alpha value is -2.29. The quantitative estimate of drug-likeness (QED) is 0.205. The lowest BCUT2D eigenvalue weighted by Gasteiger charge is -2.12. The van der Waals surface area contributed by atoms with Crippen LogP contribution in [0.3, 0.4) is 0 Å². The van der Waals surface area contributed by atoms with Crippen molar-refractivity contribution in [3.8, 4) is 5.75 Å². The second-order valence-corrected chi connectivity index (χ2v) is 6.95. The molecule has 30 heavy (non-hydrogen) atoms. The average molecular weight is 522 g/mol. The highest BCUT2D eigenvalue weighted by molar-refractivity contribution is 14.0. The monoisotopic (exact) mass is 522 g/mol. The summed E-state index contributed by atoms with van der Waals surface area (Å²) in [6.07, 6.45) is 2.73. The van der Waals surface area contributed by atoms with Gasteiger partial charge in [-0.25, -0.2) is 0 Å². The highest BCUT2D eigenvalue weighted by atomic mass is 127. The molecular weight excluding hydrogens is 491 g/mol. The van der Waals surface area contributed by atoms with Crippen LogP contribution in [-0.2, 0) is 12.8 Å². The van der Waals surface area contributed by atoms with Crippen molar-refractivity contribution in [3.05, 3.63) is 65.2 Å². The lowest BCUT2D eigenvalue weighted by Crippen LogP contribution is -2.38. The van der Waals surface area contributed by atoms with E-state index in [0.717, 1.165) is 50.7 Å². The molecule has 0 aliphatic carbocycles. The van der Waals surface area contributed by atoms with Gasteiger partial charge >= 0.3 is 0 Å². The molecule has 0 radical (unpaired) electrons. The summed E-state index contributed by atoms with van der Waals surface area (Å²) < 4.78 is 5.56. The van der Waals surface area contributed by atoms with Crippen LogP contribution in [0, 0.1) is 0 Å². The first-order chi connectivity index (χ1) is 14.3. The number of rotatable bonds is 9. The third-order valence-corrected chi connectivity index (χ3v) is 4.73. The van der Waals surface area contributed by atoms with E-state index in [0.29, 0.717) is 18.7 Å². The maximum Gasteiger partial charge on any atom is 0.251 e. The summed E-state index contributed by atoms with van der Waals surface area (Å²) in [5.74, 6) is 1.79. The first-order valence-electron chi connectivity index (χ1n) is 10.4. The van der Waals surface area contributed by atoms with Gasteiger partial charge in [0.25, 0.3) is 5.91 Å². The van der Waals surface area contributed by atoms with Gasteiger partial charge in [-0.1, -0.05) is 30.3 Å². The number of benzene rings is 2. The molecule has 6 nitrogen and oxygen atoms in total. The highest BCUT2D eigenvalue weighted by Crippen LogP contribution is 2.25. The van der Waals surface area contributed by atoms with Gasteiger partial charge in [0.1, 0.15) is 5.75 Å². The molecule has 3 rings (SSSR count). The number of hydrogen-bond acceptors (Lipinski definition) is 3. The molecule has 162 valence electrons. The van der Waals surface area contributed by atoms with Crippen molar-refractivity contribution in [1.82, 2.24) is 16.0 Å². The zero-order valence-corrected chi connectivity index (χ0v) is 19.8. The molecule has 1 aliphatic heterocycles. The summed E-state index contributed by atoms with van der Waals surface area (Å²) in [4.78, 5) is 16.6. The molecule has 0 fully saturated rings. The Morgan fingerprint density at radius 3 is 2.70 bits per heavy atom. The Morgan fingerprint density at radius 2 is 1.90 bits per heavy atom. The minimum atomic E-state index is -0.0423. The van der Waals surface area contributed by atoms with Gasteiger partial charge < -0.3 is 20.7 Å². The predicted molar refractivity (Wildman–Crippen MR) is 132 cm³/mol. The van der Waals surface area contributed by atoms with Crippen molar-refractivity contribution >= 4 is 35.8 Å². The lowest BCUT2D eigenvalue weighted by molar-refractivity contribution is 0.0953. The fourth-order valence-corrected chi connectivity index (χ4v) is 3.23. The Balaban J connectivity index is 0.00000320. The van der Waals surface area contributed by atoms with Gasteiger partial charge in [0.15, 0.2) is 5.96 Å². The van der Waals surface area contributed by atoms with Gasteiger partial charge in [-0.2, -0.15) is 0 Å². The topological polar surface area (TPSA) is 74.8 Å². The molecule has 0 saturated heterocycles. The van der Waals surface area contributed by atoms with Crippen LogP contribution in [0.5, 0.6) is 5.75 Å². The molecule has 0 aromatic heterocycles. The number of aliphatic imine (C=N–C) groups is 1. The Morgan fingerprint density at radius 1 is 1.07 bits per heavy atom. The van der Waals surface area contributed by atoms with Gasteiger partial charge in [0.05, 0.1) is 6.61 Å². The number of amides is 1. The molecule has 0 saturated carbocycles. The Bertz CT molecular complexity index is 827. The fourth-order valence-electron chi connectivity index (χ4n) is 3.23. The molecule has 0 unspecified atom stereocenters. The first-order valence-corrected chi connectivity index (χ1v) is 10.4. The van der Waals surface area contributed by atoms with Crippen LogP contribution in [0.1, 0.15) is 34.8 Å². The molecule has 2 aromatic rings. The number of nitrogens with one attached hydrogen (secondary N) is 3. The molecule has 3 N–H and O–H groups in total. The third-order valence-electron chi connectivity index (χ3n) is 4.73. The number of carbonyl (C=O) groups excluding carboxylic acids is 1. The van der Waals surface area contributed by atoms with E-state index >= 15 is 0 Å². The van der Waals surface area contributed by atoms with E-state index in [1.54, 1.807) is 0 Å². The predicted octanol–water partition coefficient (Wildman–Crippen LogP) is 3.16. The maximum absolute atomic E-state index is 12.0. The molecule has 1 amide bonds. The van der Waals surface area contributed by atoms with Gasteiger partial charge in [-0.15, -0.1) is 24.0 Å². The van der Waals surface area contributed by atoms with Crippen molar-refractivity contribution in [2.75, 3.05) is 32.8 Å². The summed E-state index contributed by atoms with van der Waals surface area (Å²) >= 11 is 0. The molecule has 1 aliphatic rings. The number of hydrogen-bond donors (Lipinski definition) is 3. The number of carbonyl (C=O) groups is 1. The highest BCUT2D eigenvalue weighted by Gasteiger charge is 2.11. The Kier molecular flexibility index (Phi) is 10.5. The van der Waals surface area contributed by atoms with Gasteiger partial charge in [0.2, 0.25) is 0 Å². The van der Waals surface area contributed by atoms with Crippen molar-refractivity contribution in [1.29, 1.82) is 0 Å². The van der Waals surface area contributed by atoms with Crippen molar-refractivity contribution in [3.63, 3.8) is 0 Å². The van der Waals surface area contributed by atoms with E-state index in [4.69, 9.17) is 4.74 Å². The number of nitrogens with zero attached hydrogens (tertiary/aromatic N) is 1. The summed E-state index contributed by atoms with van der Waals surface area (Å²) in [5.41, 5.74) is 3.30. The minimum absolute atomic E-state index is 0. The standard InChI is InChI=1S/C23H30N4O2.HI/c1-2-24-23(26-14-6-13-25-22(28)19-7-4-3-5-8-19)27-15-11-18-9-10-21-20(17-18)12-16-29-21;/h3-5,7-10,17H,2,6,11-16H2,1H3,(H,25,28)(H2,24,26,27);1H. The average Bonchev–Trinajstić information content (AvgIpc) is 3.22. The molecule has 1 heterocycles. The molecular formula is C23H31IN4O2. The summed E-state index contributed by atoms with van der Waals surface area (Å²) in [7, 11) is 0. The molecule has 0 atom stereocenters. The zero-order chi connectivity index (χ0) is 20.3. The second kappa shape index (κ2) is 13.1. The molecule has 0 bridgehead atoms. The normalized spacial score (nSPS) is 12.4. The van der Waals surface area contributed by atoms with Crippen LogP contribution < -0.4 is 20.7 Å². The molecule has 2 aromatic carbocycles. The van der Waals surface area contributed by atoms with Crippen molar-refractivity contribution in [2.45, 2.75) is 26.2 Å². The molecule has 0 spiro atoms. The van der Waals surface area contributed by atoms with E-state index in [-0.39, 0.29) is 29.9 Å². The number of fused-ring (bicyclic) bond motifs is 1. The smallest absolute Gasteiger partial charge is 0.251 e. The number of guanidine groups is 1. The largest absolute Gasteiger partial charge is 0.493 e. The summed E-state index contributed by atoms with van der Waals surface area (Å²) in [6, 6.07) is 15.7. The maximum atomic E-state index is 12.0. The van der Waals surface area contributed by atoms with E-state index in [1.807, 2.05) is 30.3 Å². The fraction of sp³-hybridized carbons (Fsp3) is 0.391. The van der Waals surface area contributed by atoms with Gasteiger partial charge in [-0.05, 0) is 49.1 Å².